The molecule has 0 fully saturated rings. The summed E-state index contributed by atoms with van der Waals surface area (Å²) in [5.74, 6) is 0.791. The minimum atomic E-state index is 0.791. The van der Waals surface area contributed by atoms with Crippen LogP contribution in [0.1, 0.15) is 0 Å². The van der Waals surface area contributed by atoms with Crippen LogP contribution in [0.15, 0.2) is 67.3 Å². The van der Waals surface area contributed by atoms with Crippen molar-refractivity contribution in [1.82, 2.24) is 29.9 Å². The van der Waals surface area contributed by atoms with Gasteiger partial charge in [0.25, 0.3) is 0 Å². The molecule has 0 aliphatic rings. The fourth-order valence-corrected chi connectivity index (χ4v) is 3.59. The molecule has 0 saturated carbocycles. The van der Waals surface area contributed by atoms with E-state index >= 15 is 0 Å². The molecule has 0 aliphatic heterocycles. The molecule has 0 bridgehead atoms. The Hall–Kier alpha value is -3.93. The maximum Gasteiger partial charge on any atom is 0.138 e. The van der Waals surface area contributed by atoms with E-state index in [1.807, 2.05) is 42.5 Å². The first-order chi connectivity index (χ1) is 13.4. The molecule has 0 saturated heterocycles. The van der Waals surface area contributed by atoms with Gasteiger partial charge >= 0.3 is 0 Å². The van der Waals surface area contributed by atoms with E-state index in [1.54, 1.807) is 24.8 Å². The highest BCUT2D eigenvalue weighted by atomic mass is 14.9. The van der Waals surface area contributed by atoms with Crippen molar-refractivity contribution in [2.75, 3.05) is 0 Å². The molecule has 0 radical (unpaired) electrons. The Labute approximate surface area is 153 Å². The van der Waals surface area contributed by atoms with E-state index in [4.69, 9.17) is 4.98 Å². The number of H-pyrrole nitrogens is 1. The Morgan fingerprint density at radius 1 is 0.630 bits per heavy atom. The number of imidazole rings is 1. The molecular formula is C21H12N6. The van der Waals surface area contributed by atoms with Crippen LogP contribution in [0, 0.1) is 0 Å². The molecule has 6 rings (SSSR count). The zero-order chi connectivity index (χ0) is 17.8. The van der Waals surface area contributed by atoms with Crippen LogP contribution in [0.5, 0.6) is 0 Å². The highest BCUT2D eigenvalue weighted by Crippen LogP contribution is 2.33. The quantitative estimate of drug-likeness (QED) is 0.449. The van der Waals surface area contributed by atoms with E-state index in [1.165, 1.54) is 0 Å². The Balaban J connectivity index is 1.72. The number of hydrogen-bond donors (Lipinski definition) is 1. The molecule has 4 heterocycles. The highest BCUT2D eigenvalue weighted by molar-refractivity contribution is 6.21. The summed E-state index contributed by atoms with van der Waals surface area (Å²) in [6.07, 6.45) is 6.98. The molecule has 6 nitrogen and oxygen atoms in total. The van der Waals surface area contributed by atoms with Gasteiger partial charge < -0.3 is 4.98 Å². The topological polar surface area (TPSA) is 80.2 Å². The van der Waals surface area contributed by atoms with Crippen LogP contribution in [0.2, 0.25) is 0 Å². The molecule has 1 N–H and O–H groups in total. The SMILES string of the molecule is c1cnc2c(c1)c1nc(-c3ccc4nccnc4c3)[nH]c1c1cccnc12. The highest BCUT2D eigenvalue weighted by Gasteiger charge is 2.15. The van der Waals surface area contributed by atoms with Crippen molar-refractivity contribution in [1.29, 1.82) is 0 Å². The number of aromatic nitrogens is 6. The lowest BCUT2D eigenvalue weighted by atomic mass is 10.1. The van der Waals surface area contributed by atoms with Gasteiger partial charge in [-0.25, -0.2) is 4.98 Å². The van der Waals surface area contributed by atoms with Gasteiger partial charge in [-0.1, -0.05) is 0 Å². The van der Waals surface area contributed by atoms with Gasteiger partial charge in [0, 0.05) is 41.1 Å². The van der Waals surface area contributed by atoms with E-state index in [2.05, 4.69) is 24.9 Å². The number of nitrogens with one attached hydrogen (secondary N) is 1. The normalized spacial score (nSPS) is 11.7. The fourth-order valence-electron chi connectivity index (χ4n) is 3.59. The molecule has 4 aromatic heterocycles. The molecule has 27 heavy (non-hydrogen) atoms. The summed E-state index contributed by atoms with van der Waals surface area (Å²) in [5, 5.41) is 2.00. The Kier molecular flexibility index (Phi) is 2.79. The van der Waals surface area contributed by atoms with Gasteiger partial charge in [0.05, 0.1) is 33.1 Å². The first kappa shape index (κ1) is 14.3. The molecule has 0 spiro atoms. The molecule has 2 aromatic carbocycles. The maximum absolute atomic E-state index is 4.90. The van der Waals surface area contributed by atoms with Gasteiger partial charge in [-0.3, -0.25) is 19.9 Å². The number of nitrogens with zero attached hydrogens (tertiary/aromatic N) is 5. The summed E-state index contributed by atoms with van der Waals surface area (Å²) in [6, 6.07) is 13.9. The molecule has 126 valence electrons. The van der Waals surface area contributed by atoms with Crippen LogP contribution in [0.3, 0.4) is 0 Å². The Morgan fingerprint density at radius 3 is 2.22 bits per heavy atom. The molecule has 0 atom stereocenters. The predicted octanol–water partition coefficient (Wildman–Crippen LogP) is 4.27. The lowest BCUT2D eigenvalue weighted by Gasteiger charge is -2.03. The number of hydrogen-bond acceptors (Lipinski definition) is 5. The van der Waals surface area contributed by atoms with Crippen molar-refractivity contribution < 1.29 is 0 Å². The van der Waals surface area contributed by atoms with Crippen LogP contribution < -0.4 is 0 Å². The minimum Gasteiger partial charge on any atom is -0.337 e. The lowest BCUT2D eigenvalue weighted by molar-refractivity contribution is 1.28. The Bertz CT molecular complexity index is 1410. The van der Waals surface area contributed by atoms with Crippen LogP contribution in [0.4, 0.5) is 0 Å². The van der Waals surface area contributed by atoms with Crippen LogP contribution in [-0.2, 0) is 0 Å². The largest absolute Gasteiger partial charge is 0.337 e. The van der Waals surface area contributed by atoms with E-state index in [-0.39, 0.29) is 0 Å². The van der Waals surface area contributed by atoms with Gasteiger partial charge in [-0.15, -0.1) is 0 Å². The molecule has 6 heteroatoms. The summed E-state index contributed by atoms with van der Waals surface area (Å²) in [7, 11) is 0. The van der Waals surface area contributed by atoms with Gasteiger partial charge in [-0.05, 0) is 42.5 Å². The second-order valence-corrected chi connectivity index (χ2v) is 6.37. The third-order valence-corrected chi connectivity index (χ3v) is 4.81. The monoisotopic (exact) mass is 348 g/mol. The molecule has 0 aliphatic carbocycles. The molecule has 0 unspecified atom stereocenters. The zero-order valence-electron chi connectivity index (χ0n) is 14.1. The molecular weight excluding hydrogens is 336 g/mol. The third-order valence-electron chi connectivity index (χ3n) is 4.81. The maximum atomic E-state index is 4.90. The summed E-state index contributed by atoms with van der Waals surface area (Å²) in [4.78, 5) is 26.2. The number of benzene rings is 2. The number of pyridine rings is 2. The van der Waals surface area contributed by atoms with Crippen molar-refractivity contribution in [3.05, 3.63) is 67.3 Å². The van der Waals surface area contributed by atoms with Crippen molar-refractivity contribution in [2.24, 2.45) is 0 Å². The second-order valence-electron chi connectivity index (χ2n) is 6.37. The number of fused-ring (bicyclic) bond motifs is 7. The molecule has 6 aromatic rings. The third kappa shape index (κ3) is 2.04. The average molecular weight is 348 g/mol. The predicted molar refractivity (Wildman–Crippen MR) is 105 cm³/mol. The first-order valence-electron chi connectivity index (χ1n) is 8.61. The van der Waals surface area contributed by atoms with Crippen LogP contribution in [-0.4, -0.2) is 29.9 Å². The number of rotatable bonds is 1. The van der Waals surface area contributed by atoms with Gasteiger partial charge in [0.1, 0.15) is 5.82 Å². The fraction of sp³-hybridized carbons (Fsp3) is 0. The standard InChI is InChI=1S/C21H12N6/c1-3-13-17(24-7-1)18-14(4-2-8-25-18)20-19(13)26-21(27-20)12-5-6-15-16(11-12)23-10-9-22-15/h1-11H,(H,26,27). The summed E-state index contributed by atoms with van der Waals surface area (Å²) < 4.78 is 0. The Morgan fingerprint density at radius 2 is 1.37 bits per heavy atom. The lowest BCUT2D eigenvalue weighted by Crippen LogP contribution is -1.86. The van der Waals surface area contributed by atoms with Crippen molar-refractivity contribution in [2.45, 2.75) is 0 Å². The van der Waals surface area contributed by atoms with Crippen molar-refractivity contribution in [3.63, 3.8) is 0 Å². The average Bonchev–Trinajstić information content (AvgIpc) is 3.20. The van der Waals surface area contributed by atoms with E-state index in [9.17, 15) is 0 Å². The first-order valence-corrected chi connectivity index (χ1v) is 8.61. The number of aromatic amines is 1. The summed E-state index contributed by atoms with van der Waals surface area (Å²) in [6.45, 7) is 0. The van der Waals surface area contributed by atoms with E-state index in [0.717, 1.165) is 55.3 Å². The van der Waals surface area contributed by atoms with Gasteiger partial charge in [0.2, 0.25) is 0 Å². The van der Waals surface area contributed by atoms with Gasteiger partial charge in [0.15, 0.2) is 0 Å². The van der Waals surface area contributed by atoms with Gasteiger partial charge in [-0.2, -0.15) is 0 Å². The zero-order valence-corrected chi connectivity index (χ0v) is 14.1. The molecule has 0 amide bonds. The summed E-state index contributed by atoms with van der Waals surface area (Å²) >= 11 is 0. The van der Waals surface area contributed by atoms with E-state index < -0.39 is 0 Å². The van der Waals surface area contributed by atoms with E-state index in [0.29, 0.717) is 0 Å². The van der Waals surface area contributed by atoms with Crippen molar-refractivity contribution >= 4 is 43.9 Å². The van der Waals surface area contributed by atoms with Crippen LogP contribution in [0.25, 0.3) is 55.3 Å². The summed E-state index contributed by atoms with van der Waals surface area (Å²) in [5.41, 5.74) is 6.27. The smallest absolute Gasteiger partial charge is 0.138 e. The van der Waals surface area contributed by atoms with Crippen molar-refractivity contribution in [3.8, 4) is 11.4 Å². The minimum absolute atomic E-state index is 0.791. The van der Waals surface area contributed by atoms with Crippen LogP contribution >= 0.6 is 0 Å². The second kappa shape index (κ2) is 5.28.